The highest BCUT2D eigenvalue weighted by Gasteiger charge is 2.30. The van der Waals surface area contributed by atoms with Crippen LogP contribution < -0.4 is 10.1 Å². The van der Waals surface area contributed by atoms with Crippen LogP contribution in [-0.2, 0) is 12.8 Å². The van der Waals surface area contributed by atoms with Gasteiger partial charge in [-0.1, -0.05) is 22.9 Å². The van der Waals surface area contributed by atoms with Gasteiger partial charge in [-0.05, 0) is 56.7 Å². The smallest absolute Gasteiger partial charge is 0.416 e. The highest BCUT2D eigenvalue weighted by molar-refractivity contribution is 6.03. The second-order valence-corrected chi connectivity index (χ2v) is 6.65. The van der Waals surface area contributed by atoms with Crippen LogP contribution in [0.15, 0.2) is 47.0 Å². The van der Waals surface area contributed by atoms with Gasteiger partial charge in [0.15, 0.2) is 5.69 Å². The fourth-order valence-electron chi connectivity index (χ4n) is 2.78. The third-order valence-electron chi connectivity index (χ3n) is 4.37. The molecule has 0 radical (unpaired) electrons. The standard InChI is InChI=1S/C21H19F3N2O3/c1-12-4-9-18(13(2)10-12)28-11-17-14(3)29-26-19(17)20(27)25-16-7-5-15(6-8-16)21(22,23)24/h4-10H,11H2,1-3H3,(H,25,27). The predicted octanol–water partition coefficient (Wildman–Crippen LogP) is 5.45. The molecule has 0 fully saturated rings. The molecule has 29 heavy (non-hydrogen) atoms. The largest absolute Gasteiger partial charge is 0.488 e. The molecule has 5 nitrogen and oxygen atoms in total. The van der Waals surface area contributed by atoms with Crippen LogP contribution >= 0.6 is 0 Å². The molecule has 0 atom stereocenters. The van der Waals surface area contributed by atoms with Gasteiger partial charge in [0.2, 0.25) is 0 Å². The van der Waals surface area contributed by atoms with E-state index in [1.807, 2.05) is 32.0 Å². The molecule has 0 aliphatic heterocycles. The average Bonchev–Trinajstić information content (AvgIpc) is 3.01. The summed E-state index contributed by atoms with van der Waals surface area (Å²) in [5.41, 5.74) is 1.96. The molecule has 0 unspecified atom stereocenters. The van der Waals surface area contributed by atoms with Crippen LogP contribution in [0, 0.1) is 20.8 Å². The zero-order valence-electron chi connectivity index (χ0n) is 16.1. The summed E-state index contributed by atoms with van der Waals surface area (Å²) in [5.74, 6) is 0.499. The van der Waals surface area contributed by atoms with E-state index in [4.69, 9.17) is 9.26 Å². The van der Waals surface area contributed by atoms with Crippen LogP contribution in [0.5, 0.6) is 5.75 Å². The summed E-state index contributed by atoms with van der Waals surface area (Å²) >= 11 is 0. The molecular weight excluding hydrogens is 385 g/mol. The lowest BCUT2D eigenvalue weighted by Gasteiger charge is -2.10. The second kappa shape index (κ2) is 7.98. The van der Waals surface area contributed by atoms with Crippen molar-refractivity contribution >= 4 is 11.6 Å². The van der Waals surface area contributed by atoms with Gasteiger partial charge in [0.05, 0.1) is 11.1 Å². The SMILES string of the molecule is Cc1ccc(OCc2c(C(=O)Nc3ccc(C(F)(F)F)cc3)noc2C)c(C)c1. The maximum absolute atomic E-state index is 12.7. The molecule has 0 bridgehead atoms. The molecule has 152 valence electrons. The molecule has 2 aromatic carbocycles. The third-order valence-corrected chi connectivity index (χ3v) is 4.37. The van der Waals surface area contributed by atoms with E-state index < -0.39 is 17.6 Å². The van der Waals surface area contributed by atoms with Gasteiger partial charge in [-0.2, -0.15) is 13.2 Å². The van der Waals surface area contributed by atoms with Gasteiger partial charge in [0.1, 0.15) is 18.1 Å². The minimum atomic E-state index is -4.44. The number of amides is 1. The van der Waals surface area contributed by atoms with Crippen molar-refractivity contribution in [2.75, 3.05) is 5.32 Å². The van der Waals surface area contributed by atoms with Crippen molar-refractivity contribution in [1.82, 2.24) is 5.16 Å². The first-order chi connectivity index (χ1) is 13.6. The Labute approximate surface area is 165 Å². The number of benzene rings is 2. The van der Waals surface area contributed by atoms with E-state index in [-0.39, 0.29) is 18.0 Å². The molecule has 1 aromatic heterocycles. The number of carbonyl (C=O) groups excluding carboxylic acids is 1. The van der Waals surface area contributed by atoms with Gasteiger partial charge in [-0.25, -0.2) is 0 Å². The molecule has 3 rings (SSSR count). The fourth-order valence-corrected chi connectivity index (χ4v) is 2.78. The molecule has 8 heteroatoms. The molecule has 0 spiro atoms. The number of hydrogen-bond acceptors (Lipinski definition) is 4. The number of nitrogens with one attached hydrogen (secondary N) is 1. The van der Waals surface area contributed by atoms with Gasteiger partial charge >= 0.3 is 6.18 Å². The van der Waals surface area contributed by atoms with Crippen molar-refractivity contribution in [1.29, 1.82) is 0 Å². The van der Waals surface area contributed by atoms with Gasteiger partial charge in [0, 0.05) is 5.69 Å². The maximum Gasteiger partial charge on any atom is 0.416 e. The summed E-state index contributed by atoms with van der Waals surface area (Å²) in [6.07, 6.45) is -4.44. The number of nitrogens with zero attached hydrogens (tertiary/aromatic N) is 1. The number of halogens is 3. The molecule has 3 aromatic rings. The van der Waals surface area contributed by atoms with Crippen LogP contribution in [0.25, 0.3) is 0 Å². The summed E-state index contributed by atoms with van der Waals surface area (Å²) in [7, 11) is 0. The Balaban J connectivity index is 1.73. The summed E-state index contributed by atoms with van der Waals surface area (Å²) in [6, 6.07) is 9.89. The summed E-state index contributed by atoms with van der Waals surface area (Å²) < 4.78 is 48.9. The van der Waals surface area contributed by atoms with Crippen molar-refractivity contribution in [2.45, 2.75) is 33.6 Å². The lowest BCUT2D eigenvalue weighted by Crippen LogP contribution is -2.15. The molecule has 1 amide bonds. The topological polar surface area (TPSA) is 64.4 Å². The monoisotopic (exact) mass is 404 g/mol. The molecule has 1 N–H and O–H groups in total. The zero-order valence-corrected chi connectivity index (χ0v) is 16.1. The van der Waals surface area contributed by atoms with E-state index in [1.165, 1.54) is 12.1 Å². The first-order valence-electron chi connectivity index (χ1n) is 8.79. The van der Waals surface area contributed by atoms with Crippen molar-refractivity contribution in [3.8, 4) is 5.75 Å². The van der Waals surface area contributed by atoms with E-state index >= 15 is 0 Å². The van der Waals surface area contributed by atoms with Gasteiger partial charge < -0.3 is 14.6 Å². The fraction of sp³-hybridized carbons (Fsp3) is 0.238. The van der Waals surface area contributed by atoms with E-state index in [2.05, 4.69) is 10.5 Å². The molecule has 0 aliphatic carbocycles. The molecule has 1 heterocycles. The Kier molecular flexibility index (Phi) is 5.63. The lowest BCUT2D eigenvalue weighted by atomic mass is 10.1. The van der Waals surface area contributed by atoms with Crippen molar-refractivity contribution < 1.29 is 27.2 Å². The lowest BCUT2D eigenvalue weighted by molar-refractivity contribution is -0.137. The minimum absolute atomic E-state index is 0.0205. The number of ether oxygens (including phenoxy) is 1. The Hall–Kier alpha value is -3.29. The van der Waals surface area contributed by atoms with Crippen molar-refractivity contribution in [2.24, 2.45) is 0 Å². The normalized spacial score (nSPS) is 11.4. The predicted molar refractivity (Wildman–Crippen MR) is 101 cm³/mol. The highest BCUT2D eigenvalue weighted by atomic mass is 19.4. The Morgan fingerprint density at radius 3 is 2.41 bits per heavy atom. The quantitative estimate of drug-likeness (QED) is 0.614. The number of rotatable bonds is 5. The summed E-state index contributed by atoms with van der Waals surface area (Å²) in [4.78, 5) is 12.5. The minimum Gasteiger partial charge on any atom is -0.488 e. The molecule has 0 aliphatic rings. The van der Waals surface area contributed by atoms with Gasteiger partial charge in [0.25, 0.3) is 5.91 Å². The van der Waals surface area contributed by atoms with Crippen LogP contribution in [0.3, 0.4) is 0 Å². The van der Waals surface area contributed by atoms with Crippen LogP contribution in [-0.4, -0.2) is 11.1 Å². The van der Waals surface area contributed by atoms with E-state index in [0.717, 1.165) is 23.3 Å². The number of hydrogen-bond donors (Lipinski definition) is 1. The molecular formula is C21H19F3N2O3. The van der Waals surface area contributed by atoms with E-state index in [1.54, 1.807) is 6.92 Å². The van der Waals surface area contributed by atoms with E-state index in [0.29, 0.717) is 17.1 Å². The number of alkyl halides is 3. The number of anilines is 1. The first kappa shape index (κ1) is 20.4. The van der Waals surface area contributed by atoms with Crippen LogP contribution in [0.2, 0.25) is 0 Å². The number of carbonyl (C=O) groups is 1. The van der Waals surface area contributed by atoms with Crippen LogP contribution in [0.4, 0.5) is 18.9 Å². The van der Waals surface area contributed by atoms with Crippen LogP contribution in [0.1, 0.15) is 38.5 Å². The Morgan fingerprint density at radius 2 is 1.79 bits per heavy atom. The van der Waals surface area contributed by atoms with Crippen molar-refractivity contribution in [3.63, 3.8) is 0 Å². The number of aryl methyl sites for hydroxylation is 3. The zero-order chi connectivity index (χ0) is 21.2. The summed E-state index contributed by atoms with van der Waals surface area (Å²) in [6.45, 7) is 5.61. The van der Waals surface area contributed by atoms with Gasteiger partial charge in [-0.15, -0.1) is 0 Å². The molecule has 0 saturated carbocycles. The highest BCUT2D eigenvalue weighted by Crippen LogP contribution is 2.30. The van der Waals surface area contributed by atoms with Gasteiger partial charge in [-0.3, -0.25) is 4.79 Å². The van der Waals surface area contributed by atoms with Crippen molar-refractivity contribution in [3.05, 3.63) is 76.2 Å². The Morgan fingerprint density at radius 1 is 1.10 bits per heavy atom. The Bertz CT molecular complexity index is 1020. The summed E-state index contributed by atoms with van der Waals surface area (Å²) in [5, 5.41) is 6.29. The maximum atomic E-state index is 12.7. The average molecular weight is 404 g/mol. The first-order valence-corrected chi connectivity index (χ1v) is 8.79. The molecule has 0 saturated heterocycles. The second-order valence-electron chi connectivity index (χ2n) is 6.65. The van der Waals surface area contributed by atoms with E-state index in [9.17, 15) is 18.0 Å². The third kappa shape index (κ3) is 4.77. The number of aromatic nitrogens is 1.